The van der Waals surface area contributed by atoms with Gasteiger partial charge in [-0.25, -0.2) is 0 Å². The first-order valence-corrected chi connectivity index (χ1v) is 12.6. The molecule has 0 aromatic heterocycles. The zero-order valence-corrected chi connectivity index (χ0v) is 23.2. The van der Waals surface area contributed by atoms with Gasteiger partial charge in [-0.2, -0.15) is 0 Å². The summed E-state index contributed by atoms with van der Waals surface area (Å²) in [6.07, 6.45) is 4.01. The van der Waals surface area contributed by atoms with Gasteiger partial charge in [0, 0.05) is 5.56 Å². The van der Waals surface area contributed by atoms with Gasteiger partial charge in [0.15, 0.2) is 17.3 Å². The number of carbonyl (C=O) groups excluding carboxylic acids is 4. The van der Waals surface area contributed by atoms with Crippen molar-refractivity contribution in [2.45, 2.75) is 60.8 Å². The number of hydrogen-bond donors (Lipinski definition) is 0. The van der Waals surface area contributed by atoms with Crippen molar-refractivity contribution in [1.82, 2.24) is 0 Å². The summed E-state index contributed by atoms with van der Waals surface area (Å²) in [6.45, 7) is 11.3. The average Bonchev–Trinajstić information content (AvgIpc) is 2.86. The Morgan fingerprint density at radius 3 is 2.03 bits per heavy atom. The van der Waals surface area contributed by atoms with Crippen LogP contribution in [-0.4, -0.2) is 37.5 Å². The van der Waals surface area contributed by atoms with Crippen molar-refractivity contribution in [3.63, 3.8) is 0 Å². The van der Waals surface area contributed by atoms with E-state index in [0.717, 1.165) is 11.1 Å². The monoisotopic (exact) mass is 506 g/mol. The number of benzene rings is 1. The summed E-state index contributed by atoms with van der Waals surface area (Å²) in [7, 11) is 2.70. The number of carbonyl (C=O) groups is 4. The Morgan fingerprint density at radius 2 is 1.51 bits per heavy atom. The van der Waals surface area contributed by atoms with Crippen molar-refractivity contribution in [3.8, 4) is 0 Å². The highest BCUT2D eigenvalue weighted by Gasteiger charge is 2.73. The van der Waals surface area contributed by atoms with Crippen LogP contribution in [0.5, 0.6) is 0 Å². The van der Waals surface area contributed by atoms with E-state index in [9.17, 15) is 19.2 Å². The van der Waals surface area contributed by atoms with Gasteiger partial charge in [0.05, 0.1) is 31.0 Å². The fraction of sp³-hybridized carbons (Fsp3) is 0.484. The molecule has 0 unspecified atom stereocenters. The van der Waals surface area contributed by atoms with E-state index in [1.54, 1.807) is 30.3 Å². The molecular formula is C31H38O6. The molecule has 0 amide bonds. The van der Waals surface area contributed by atoms with Gasteiger partial charge in [-0.1, -0.05) is 67.5 Å². The molecule has 1 aromatic carbocycles. The van der Waals surface area contributed by atoms with Crippen LogP contribution in [0.25, 0.3) is 0 Å². The van der Waals surface area contributed by atoms with Crippen molar-refractivity contribution in [1.29, 1.82) is 0 Å². The summed E-state index contributed by atoms with van der Waals surface area (Å²) in [5.74, 6) is -2.58. The normalized spacial score (nSPS) is 26.3. The number of Topliss-reactive ketones (excluding diaryl/α,β-unsaturated/α-hetero) is 3. The van der Waals surface area contributed by atoms with E-state index in [2.05, 4.69) is 0 Å². The zero-order chi connectivity index (χ0) is 27.8. The second kappa shape index (κ2) is 10.2. The van der Waals surface area contributed by atoms with Crippen LogP contribution in [0.2, 0.25) is 0 Å². The molecule has 2 bridgehead atoms. The van der Waals surface area contributed by atoms with Crippen LogP contribution in [0.3, 0.4) is 0 Å². The van der Waals surface area contributed by atoms with Crippen molar-refractivity contribution >= 4 is 23.3 Å². The summed E-state index contributed by atoms with van der Waals surface area (Å²) in [4.78, 5) is 56.4. The van der Waals surface area contributed by atoms with Crippen LogP contribution in [0, 0.1) is 22.2 Å². The maximum atomic E-state index is 14.8. The van der Waals surface area contributed by atoms with Crippen LogP contribution in [0.1, 0.15) is 71.2 Å². The molecule has 0 radical (unpaired) electrons. The van der Waals surface area contributed by atoms with Crippen molar-refractivity contribution < 1.29 is 28.7 Å². The lowest BCUT2D eigenvalue weighted by Gasteiger charge is -2.60. The molecule has 0 aliphatic heterocycles. The second-order valence-corrected chi connectivity index (χ2v) is 11.2. The third kappa shape index (κ3) is 4.30. The SMILES string of the molecule is COC(=O)[C@@H]1C[C@]2(CC=C(C)C)C(=O)C(C(=O)c3ccccc3)=C(OC)[C@@](CC=C(C)C)(C2=O)C1(C)C. The van der Waals surface area contributed by atoms with Crippen LogP contribution >= 0.6 is 0 Å². The van der Waals surface area contributed by atoms with Crippen molar-refractivity contribution in [3.05, 3.63) is 70.5 Å². The van der Waals surface area contributed by atoms with Gasteiger partial charge >= 0.3 is 5.97 Å². The predicted molar refractivity (Wildman–Crippen MR) is 142 cm³/mol. The molecule has 1 saturated carbocycles. The van der Waals surface area contributed by atoms with Crippen molar-refractivity contribution in [2.75, 3.05) is 14.2 Å². The molecule has 2 aliphatic carbocycles. The number of fused-ring (bicyclic) bond motifs is 2. The molecule has 1 fully saturated rings. The first kappa shape index (κ1) is 28.3. The average molecular weight is 507 g/mol. The third-order valence-electron chi connectivity index (χ3n) is 8.25. The maximum absolute atomic E-state index is 14.8. The van der Waals surface area contributed by atoms with E-state index in [-0.39, 0.29) is 36.4 Å². The Bertz CT molecular complexity index is 1210. The number of esters is 1. The van der Waals surface area contributed by atoms with Crippen molar-refractivity contribution in [2.24, 2.45) is 22.2 Å². The minimum atomic E-state index is -1.59. The third-order valence-corrected chi connectivity index (χ3v) is 8.25. The standard InChI is InChI=1S/C31H38O6/c1-19(2)14-16-30-18-22(27(34)37-8)29(5,6)31(28(30)35,17-15-20(3)4)26(36-7)23(25(30)33)24(32)21-12-10-9-11-13-21/h9-15,22H,16-18H2,1-8H3/t22-,30+,31-/m0/s1. The highest BCUT2D eigenvalue weighted by molar-refractivity contribution is 6.35. The Labute approximate surface area is 219 Å². The molecule has 6 heteroatoms. The lowest BCUT2D eigenvalue weighted by molar-refractivity contribution is -0.179. The highest BCUT2D eigenvalue weighted by Crippen LogP contribution is 2.66. The van der Waals surface area contributed by atoms with Gasteiger partial charge < -0.3 is 9.47 Å². The van der Waals surface area contributed by atoms with Gasteiger partial charge in [-0.15, -0.1) is 0 Å². The molecule has 0 saturated heterocycles. The highest BCUT2D eigenvalue weighted by atomic mass is 16.5. The molecule has 0 heterocycles. The number of methoxy groups -OCH3 is 2. The van der Waals surface area contributed by atoms with Crippen LogP contribution in [0.4, 0.5) is 0 Å². The summed E-state index contributed by atoms with van der Waals surface area (Å²) < 4.78 is 11.1. The fourth-order valence-electron chi connectivity index (χ4n) is 6.03. The topological polar surface area (TPSA) is 86.7 Å². The smallest absolute Gasteiger partial charge is 0.309 e. The summed E-state index contributed by atoms with van der Waals surface area (Å²) >= 11 is 0. The van der Waals surface area contributed by atoms with Crippen LogP contribution in [-0.2, 0) is 23.9 Å². The molecule has 0 spiro atoms. The van der Waals surface area contributed by atoms with E-state index in [1.807, 2.05) is 53.7 Å². The van der Waals surface area contributed by atoms with Gasteiger partial charge in [-0.3, -0.25) is 19.2 Å². The summed E-state index contributed by atoms with van der Waals surface area (Å²) in [5.41, 5.74) is -1.91. The van der Waals surface area contributed by atoms with E-state index < -0.39 is 39.7 Å². The van der Waals surface area contributed by atoms with Gasteiger partial charge in [0.1, 0.15) is 11.3 Å². The van der Waals surface area contributed by atoms with Gasteiger partial charge in [-0.05, 0) is 52.4 Å². The lowest BCUT2D eigenvalue weighted by atomic mass is 9.40. The number of allylic oxidation sites excluding steroid dienone is 6. The minimum absolute atomic E-state index is 0.0345. The Kier molecular flexibility index (Phi) is 7.83. The fourth-order valence-corrected chi connectivity index (χ4v) is 6.03. The van der Waals surface area contributed by atoms with Gasteiger partial charge in [0.2, 0.25) is 0 Å². The summed E-state index contributed by atoms with van der Waals surface area (Å²) in [6, 6.07) is 8.55. The predicted octanol–water partition coefficient (Wildman–Crippen LogP) is 5.83. The Hall–Kier alpha value is -3.28. The number of hydrogen-bond acceptors (Lipinski definition) is 6. The van der Waals surface area contributed by atoms with E-state index in [4.69, 9.17) is 9.47 Å². The second-order valence-electron chi connectivity index (χ2n) is 11.2. The molecule has 3 atom stereocenters. The lowest BCUT2D eigenvalue weighted by Crippen LogP contribution is -2.67. The molecule has 1 aromatic rings. The summed E-state index contributed by atoms with van der Waals surface area (Å²) in [5, 5.41) is 0. The Morgan fingerprint density at radius 1 is 0.946 bits per heavy atom. The molecule has 6 nitrogen and oxygen atoms in total. The minimum Gasteiger partial charge on any atom is -0.499 e. The molecule has 3 rings (SSSR count). The largest absolute Gasteiger partial charge is 0.499 e. The molecular weight excluding hydrogens is 468 g/mol. The van der Waals surface area contributed by atoms with Crippen LogP contribution in [0.15, 0.2) is 65.0 Å². The van der Waals surface area contributed by atoms with E-state index in [1.165, 1.54) is 14.2 Å². The molecule has 0 N–H and O–H groups in total. The van der Waals surface area contributed by atoms with E-state index in [0.29, 0.717) is 5.56 Å². The van der Waals surface area contributed by atoms with E-state index >= 15 is 0 Å². The molecule has 198 valence electrons. The van der Waals surface area contributed by atoms with Crippen LogP contribution < -0.4 is 0 Å². The molecule has 37 heavy (non-hydrogen) atoms. The molecule has 2 aliphatic rings. The number of ether oxygens (including phenoxy) is 2. The Balaban J connectivity index is 2.51. The van der Waals surface area contributed by atoms with Gasteiger partial charge in [0.25, 0.3) is 0 Å². The first-order valence-electron chi connectivity index (χ1n) is 12.6. The maximum Gasteiger partial charge on any atom is 0.309 e. The number of ketones is 3. The quantitative estimate of drug-likeness (QED) is 0.145. The zero-order valence-electron chi connectivity index (χ0n) is 23.2. The first-order chi connectivity index (χ1) is 17.3. The number of rotatable bonds is 8.